The van der Waals surface area contributed by atoms with E-state index in [2.05, 4.69) is 9.47 Å². The Balaban J connectivity index is 0.000000266. The second-order valence-corrected chi connectivity index (χ2v) is 13.2. The number of rotatable bonds is 12. The van der Waals surface area contributed by atoms with Crippen molar-refractivity contribution >= 4 is 22.6 Å². The summed E-state index contributed by atoms with van der Waals surface area (Å²) in [5.74, 6) is 1.39. The number of benzene rings is 4. The molecule has 1 atom stereocenters. The second-order valence-electron chi connectivity index (χ2n) is 10.9. The first-order valence-corrected chi connectivity index (χ1v) is 17.2. The molecule has 0 saturated heterocycles. The Bertz CT molecular complexity index is 1670. The van der Waals surface area contributed by atoms with E-state index in [1.807, 2.05) is 68.5 Å². The molecule has 0 aliphatic carbocycles. The zero-order valence-electron chi connectivity index (χ0n) is 27.5. The Kier molecular flexibility index (Phi) is 14.2. The van der Waals surface area contributed by atoms with Crippen molar-refractivity contribution in [1.82, 2.24) is 9.80 Å². The SMILES string of the molecule is CN(C)Cc1ccc(S(C)=O)cc1Oc1ccc(OC(F)(F)F)cc1.CSc1ccc(CN(C)C)c(Oc2ccc(OC(F)(F)F)cc2)c1. The molecule has 0 N–H and O–H groups in total. The number of alkyl halides is 6. The van der Waals surface area contributed by atoms with E-state index >= 15 is 0 Å². The van der Waals surface area contributed by atoms with Crippen molar-refractivity contribution < 1.29 is 49.5 Å². The number of hydrogen-bond acceptors (Lipinski definition) is 8. The van der Waals surface area contributed by atoms with Crippen LogP contribution in [0.3, 0.4) is 0 Å². The molecule has 0 radical (unpaired) electrons. The lowest BCUT2D eigenvalue weighted by Crippen LogP contribution is -2.16. The molecule has 0 amide bonds. The van der Waals surface area contributed by atoms with Gasteiger partial charge in [0.1, 0.15) is 34.5 Å². The van der Waals surface area contributed by atoms with Gasteiger partial charge in [0.05, 0.1) is 0 Å². The summed E-state index contributed by atoms with van der Waals surface area (Å²) in [6.45, 7) is 1.29. The van der Waals surface area contributed by atoms with E-state index in [0.717, 1.165) is 16.0 Å². The molecule has 0 aliphatic heterocycles. The maximum Gasteiger partial charge on any atom is 0.573 e. The van der Waals surface area contributed by atoms with Crippen molar-refractivity contribution in [2.24, 2.45) is 0 Å². The summed E-state index contributed by atoms with van der Waals surface area (Å²) >= 11 is 1.59. The highest BCUT2D eigenvalue weighted by Gasteiger charge is 2.31. The Labute approximate surface area is 288 Å². The van der Waals surface area contributed by atoms with E-state index in [9.17, 15) is 30.6 Å². The van der Waals surface area contributed by atoms with Crippen molar-refractivity contribution in [2.75, 3.05) is 40.7 Å². The quantitative estimate of drug-likeness (QED) is 0.106. The monoisotopic (exact) mass is 730 g/mol. The molecule has 0 bridgehead atoms. The number of nitrogens with zero attached hydrogens (tertiary/aromatic N) is 2. The molecule has 0 spiro atoms. The Morgan fingerprint density at radius 1 is 0.612 bits per heavy atom. The molecular weight excluding hydrogens is 695 g/mol. The molecule has 4 aromatic carbocycles. The smallest absolute Gasteiger partial charge is 0.457 e. The van der Waals surface area contributed by atoms with Crippen molar-refractivity contribution in [3.8, 4) is 34.5 Å². The molecule has 4 aromatic rings. The van der Waals surface area contributed by atoms with Crippen LogP contribution in [-0.2, 0) is 23.9 Å². The minimum Gasteiger partial charge on any atom is -0.457 e. The van der Waals surface area contributed by atoms with Gasteiger partial charge in [0.15, 0.2) is 0 Å². The van der Waals surface area contributed by atoms with Gasteiger partial charge in [-0.25, -0.2) is 0 Å². The lowest BCUT2D eigenvalue weighted by molar-refractivity contribution is -0.275. The normalized spacial score (nSPS) is 12.3. The molecular formula is C34H36F6N2O5S2. The molecule has 266 valence electrons. The zero-order valence-corrected chi connectivity index (χ0v) is 29.2. The largest absolute Gasteiger partial charge is 0.573 e. The number of halogens is 6. The van der Waals surface area contributed by atoms with Gasteiger partial charge in [0.2, 0.25) is 0 Å². The summed E-state index contributed by atoms with van der Waals surface area (Å²) < 4.78 is 104. The number of thioether (sulfide) groups is 1. The van der Waals surface area contributed by atoms with Gasteiger partial charge in [-0.05, 0) is 107 Å². The summed E-state index contributed by atoms with van der Waals surface area (Å²) in [6, 6.07) is 21.7. The lowest BCUT2D eigenvalue weighted by atomic mass is 10.2. The Hall–Kier alpha value is -3.92. The highest BCUT2D eigenvalue weighted by molar-refractivity contribution is 7.98. The van der Waals surface area contributed by atoms with Crippen LogP contribution < -0.4 is 18.9 Å². The van der Waals surface area contributed by atoms with Gasteiger partial charge in [0.25, 0.3) is 0 Å². The van der Waals surface area contributed by atoms with E-state index in [0.29, 0.717) is 41.0 Å². The molecule has 0 fully saturated rings. The van der Waals surface area contributed by atoms with Gasteiger partial charge < -0.3 is 28.7 Å². The predicted molar refractivity (Wildman–Crippen MR) is 178 cm³/mol. The van der Waals surface area contributed by atoms with Crippen LogP contribution in [0.1, 0.15) is 11.1 Å². The lowest BCUT2D eigenvalue weighted by Gasteiger charge is -2.16. The maximum atomic E-state index is 12.2. The minimum absolute atomic E-state index is 0.277. The van der Waals surface area contributed by atoms with Crippen LogP contribution in [0.2, 0.25) is 0 Å². The third-order valence-electron chi connectivity index (χ3n) is 6.19. The van der Waals surface area contributed by atoms with Crippen LogP contribution in [0.5, 0.6) is 34.5 Å². The van der Waals surface area contributed by atoms with Crippen molar-refractivity contribution in [3.63, 3.8) is 0 Å². The summed E-state index contributed by atoms with van der Waals surface area (Å²) in [7, 11) is 6.54. The first kappa shape index (κ1) is 39.5. The zero-order chi connectivity index (χ0) is 36.4. The van der Waals surface area contributed by atoms with Crippen molar-refractivity contribution in [3.05, 3.63) is 96.1 Å². The third-order valence-corrected chi connectivity index (χ3v) is 7.83. The molecule has 4 rings (SSSR count). The van der Waals surface area contributed by atoms with Gasteiger partial charge in [-0.2, -0.15) is 0 Å². The van der Waals surface area contributed by atoms with Gasteiger partial charge in [-0.3, -0.25) is 4.21 Å². The van der Waals surface area contributed by atoms with E-state index in [4.69, 9.17) is 9.47 Å². The fraction of sp³-hybridized carbons (Fsp3) is 0.294. The fourth-order valence-corrected chi connectivity index (χ4v) is 5.14. The maximum absolute atomic E-state index is 12.2. The van der Waals surface area contributed by atoms with Crippen LogP contribution in [-0.4, -0.2) is 67.4 Å². The summed E-state index contributed by atoms with van der Waals surface area (Å²) in [4.78, 5) is 5.62. The van der Waals surface area contributed by atoms with Gasteiger partial charge >= 0.3 is 12.7 Å². The molecule has 0 aliphatic rings. The van der Waals surface area contributed by atoms with Crippen molar-refractivity contribution in [1.29, 1.82) is 0 Å². The Morgan fingerprint density at radius 3 is 1.37 bits per heavy atom. The molecule has 49 heavy (non-hydrogen) atoms. The van der Waals surface area contributed by atoms with Crippen LogP contribution in [0.25, 0.3) is 0 Å². The third kappa shape index (κ3) is 14.2. The van der Waals surface area contributed by atoms with Crippen LogP contribution in [0.15, 0.2) is 94.7 Å². The number of ether oxygens (including phenoxy) is 4. The van der Waals surface area contributed by atoms with Gasteiger partial charge in [-0.1, -0.05) is 12.1 Å². The standard InChI is InChI=1S/C17H18F3NO3S.C17H18F3NO2S/c1-21(2)11-12-4-9-15(25(3)22)10-16(12)23-13-5-7-14(8-6-13)24-17(18,19)20;1-21(2)11-12-4-9-15(24-3)10-16(12)22-13-5-7-14(8-6-13)23-17(18,19)20/h4-10H,11H2,1-3H3;4-10H,11H2,1-3H3. The molecule has 1 unspecified atom stereocenters. The summed E-state index contributed by atoms with van der Waals surface area (Å²) in [6.07, 6.45) is -5.91. The van der Waals surface area contributed by atoms with E-state index < -0.39 is 23.5 Å². The number of hydrogen-bond donors (Lipinski definition) is 0. The van der Waals surface area contributed by atoms with Crippen LogP contribution in [0, 0.1) is 0 Å². The molecule has 15 heteroatoms. The van der Waals surface area contributed by atoms with E-state index in [-0.39, 0.29) is 11.5 Å². The molecule has 0 saturated carbocycles. The predicted octanol–water partition coefficient (Wildman–Crippen LogP) is 9.34. The molecule has 7 nitrogen and oxygen atoms in total. The highest BCUT2D eigenvalue weighted by Crippen LogP contribution is 2.33. The van der Waals surface area contributed by atoms with Gasteiger partial charge in [-0.15, -0.1) is 38.1 Å². The first-order valence-electron chi connectivity index (χ1n) is 14.4. The molecule has 0 aromatic heterocycles. The topological polar surface area (TPSA) is 60.5 Å². The van der Waals surface area contributed by atoms with Crippen molar-refractivity contribution in [2.45, 2.75) is 35.6 Å². The average Bonchev–Trinajstić information content (AvgIpc) is 2.99. The van der Waals surface area contributed by atoms with Crippen LogP contribution in [0.4, 0.5) is 26.3 Å². The van der Waals surface area contributed by atoms with Gasteiger partial charge in [0, 0.05) is 51.1 Å². The summed E-state index contributed by atoms with van der Waals surface area (Å²) in [5.41, 5.74) is 1.86. The van der Waals surface area contributed by atoms with Crippen LogP contribution >= 0.6 is 11.8 Å². The van der Waals surface area contributed by atoms with E-state index in [1.54, 1.807) is 30.2 Å². The average molecular weight is 731 g/mol. The van der Waals surface area contributed by atoms with E-state index in [1.165, 1.54) is 48.5 Å². The first-order chi connectivity index (χ1) is 22.9. The second kappa shape index (κ2) is 17.7. The minimum atomic E-state index is -4.74. The Morgan fingerprint density at radius 2 is 1.00 bits per heavy atom. The highest BCUT2D eigenvalue weighted by atomic mass is 32.2. The fourth-order valence-electron chi connectivity index (χ4n) is 4.18. The molecule has 0 heterocycles. The summed E-state index contributed by atoms with van der Waals surface area (Å²) in [5, 5.41) is 0.